The van der Waals surface area contributed by atoms with Gasteiger partial charge in [-0.15, -0.1) is 10.1 Å². The van der Waals surface area contributed by atoms with E-state index < -0.39 is 23.4 Å². The summed E-state index contributed by atoms with van der Waals surface area (Å²) in [6, 6.07) is 0. The van der Waals surface area contributed by atoms with Crippen molar-refractivity contribution >= 4 is 5.78 Å². The van der Waals surface area contributed by atoms with E-state index >= 15 is 0 Å². The Kier molecular flexibility index (Phi) is 1.89. The third kappa shape index (κ3) is 1.36. The van der Waals surface area contributed by atoms with Crippen LogP contribution in [0.4, 0.5) is 0 Å². The number of fused-ring (bicyclic) bond motifs is 1. The first-order chi connectivity index (χ1) is 6.18. The number of carbonyl (C=O) groups is 1. The predicted molar refractivity (Wildman–Crippen MR) is 36.4 cm³/mol. The van der Waals surface area contributed by atoms with E-state index in [2.05, 4.69) is 4.84 Å². The normalized spacial score (nSPS) is 37.5. The summed E-state index contributed by atoms with van der Waals surface area (Å²) in [6.45, 7) is -0.0189. The summed E-state index contributed by atoms with van der Waals surface area (Å²) >= 11 is 0. The van der Waals surface area contributed by atoms with E-state index in [1.54, 1.807) is 0 Å². The van der Waals surface area contributed by atoms with Gasteiger partial charge < -0.3 is 14.3 Å². The van der Waals surface area contributed by atoms with Crippen molar-refractivity contribution in [3.63, 3.8) is 0 Å². The molecule has 3 unspecified atom stereocenters. The first kappa shape index (κ1) is 8.39. The van der Waals surface area contributed by atoms with Gasteiger partial charge in [0.05, 0.1) is 6.61 Å². The summed E-state index contributed by atoms with van der Waals surface area (Å²) in [7, 11) is 0. The highest BCUT2D eigenvalue weighted by Gasteiger charge is 2.48. The van der Waals surface area contributed by atoms with E-state index in [1.165, 1.54) is 0 Å². The van der Waals surface area contributed by atoms with Crippen molar-refractivity contribution in [3.8, 4) is 0 Å². The number of hydrogen-bond donors (Lipinski definition) is 0. The maximum Gasteiger partial charge on any atom is 0.294 e. The lowest BCUT2D eigenvalue weighted by molar-refractivity contribution is -0.769. The second kappa shape index (κ2) is 2.93. The number of carbonyl (C=O) groups excluding carboxylic acids is 1. The highest BCUT2D eigenvalue weighted by Crippen LogP contribution is 2.26. The molecule has 7 nitrogen and oxygen atoms in total. The molecule has 0 radical (unpaired) electrons. The van der Waals surface area contributed by atoms with Crippen LogP contribution in [0.15, 0.2) is 0 Å². The standard InChI is InChI=1S/C6H7NO6/c8-3-1-11-6-4(13-7(9)10)2-12-5(3)6/h4-6H,1-2H2. The van der Waals surface area contributed by atoms with Gasteiger partial charge >= 0.3 is 0 Å². The monoisotopic (exact) mass is 189 g/mol. The fourth-order valence-corrected chi connectivity index (χ4v) is 1.52. The quantitative estimate of drug-likeness (QED) is 0.406. The van der Waals surface area contributed by atoms with Crippen LogP contribution in [0.1, 0.15) is 0 Å². The van der Waals surface area contributed by atoms with Crippen LogP contribution in [0, 0.1) is 10.1 Å². The lowest BCUT2D eigenvalue weighted by atomic mass is 10.1. The van der Waals surface area contributed by atoms with Crippen LogP contribution < -0.4 is 0 Å². The molecule has 2 saturated heterocycles. The Morgan fingerprint density at radius 3 is 3.00 bits per heavy atom. The molecule has 0 spiro atoms. The Morgan fingerprint density at radius 1 is 1.54 bits per heavy atom. The lowest BCUT2D eigenvalue weighted by Crippen LogP contribution is -2.32. The molecule has 2 aliphatic rings. The van der Waals surface area contributed by atoms with Crippen molar-refractivity contribution in [3.05, 3.63) is 10.1 Å². The molecule has 0 bridgehead atoms. The SMILES string of the molecule is O=C1COC2C(O[N+](=O)[O-])COC12. The van der Waals surface area contributed by atoms with Crippen LogP contribution in [0.25, 0.3) is 0 Å². The third-order valence-electron chi connectivity index (χ3n) is 2.06. The molecule has 0 aromatic carbocycles. The molecule has 2 aliphatic heterocycles. The van der Waals surface area contributed by atoms with Gasteiger partial charge in [-0.05, 0) is 0 Å². The molecule has 0 saturated carbocycles. The Bertz CT molecular complexity index is 254. The minimum atomic E-state index is -0.900. The van der Waals surface area contributed by atoms with Gasteiger partial charge in [0, 0.05) is 0 Å². The number of Topliss-reactive ketones (excluding diaryl/α,β-unsaturated/α-hetero) is 1. The van der Waals surface area contributed by atoms with Gasteiger partial charge in [-0.25, -0.2) is 0 Å². The van der Waals surface area contributed by atoms with Gasteiger partial charge in [0.1, 0.15) is 18.8 Å². The van der Waals surface area contributed by atoms with Crippen molar-refractivity contribution in [2.24, 2.45) is 0 Å². The minimum absolute atomic E-state index is 0.0298. The van der Waals surface area contributed by atoms with Crippen LogP contribution in [-0.2, 0) is 19.1 Å². The van der Waals surface area contributed by atoms with E-state index in [4.69, 9.17) is 9.47 Å². The number of nitrogens with zero attached hydrogens (tertiary/aromatic N) is 1. The maximum atomic E-state index is 11.0. The molecule has 2 rings (SSSR count). The molecule has 3 atom stereocenters. The molecule has 0 aromatic heterocycles. The van der Waals surface area contributed by atoms with Gasteiger partial charge in [-0.2, -0.15) is 0 Å². The summed E-state index contributed by atoms with van der Waals surface area (Å²) < 4.78 is 10.00. The fourth-order valence-electron chi connectivity index (χ4n) is 1.52. The average molecular weight is 189 g/mol. The van der Waals surface area contributed by atoms with Crippen molar-refractivity contribution in [1.29, 1.82) is 0 Å². The van der Waals surface area contributed by atoms with E-state index in [9.17, 15) is 14.9 Å². The predicted octanol–water partition coefficient (Wildman–Crippen LogP) is -1.07. The van der Waals surface area contributed by atoms with E-state index in [-0.39, 0.29) is 19.0 Å². The lowest BCUT2D eigenvalue weighted by Gasteiger charge is -2.11. The zero-order valence-corrected chi connectivity index (χ0v) is 6.54. The van der Waals surface area contributed by atoms with Crippen LogP contribution in [0.2, 0.25) is 0 Å². The van der Waals surface area contributed by atoms with Crippen molar-refractivity contribution in [2.45, 2.75) is 18.3 Å². The van der Waals surface area contributed by atoms with Crippen LogP contribution in [0.3, 0.4) is 0 Å². The molecule has 0 aromatic rings. The van der Waals surface area contributed by atoms with Gasteiger partial charge in [0.15, 0.2) is 11.9 Å². The largest absolute Gasteiger partial charge is 0.365 e. The van der Waals surface area contributed by atoms with Gasteiger partial charge in [0.2, 0.25) is 0 Å². The second-order valence-corrected chi connectivity index (χ2v) is 2.86. The molecular formula is C6H7NO6. The molecule has 0 N–H and O–H groups in total. The molecule has 13 heavy (non-hydrogen) atoms. The molecule has 72 valence electrons. The summed E-state index contributed by atoms with van der Waals surface area (Å²) in [5, 5.41) is 9.11. The zero-order chi connectivity index (χ0) is 9.42. The first-order valence-electron chi connectivity index (χ1n) is 3.75. The fraction of sp³-hybridized carbons (Fsp3) is 0.833. The number of hydrogen-bond acceptors (Lipinski definition) is 6. The topological polar surface area (TPSA) is 87.9 Å². The number of rotatable bonds is 2. The van der Waals surface area contributed by atoms with Crippen molar-refractivity contribution < 1.29 is 24.2 Å². The zero-order valence-electron chi connectivity index (χ0n) is 6.54. The number of ketones is 1. The van der Waals surface area contributed by atoms with Crippen LogP contribution in [0.5, 0.6) is 0 Å². The van der Waals surface area contributed by atoms with Crippen LogP contribution in [-0.4, -0.2) is 42.4 Å². The van der Waals surface area contributed by atoms with E-state index in [0.29, 0.717) is 0 Å². The number of ether oxygens (including phenoxy) is 2. The Morgan fingerprint density at radius 2 is 2.31 bits per heavy atom. The molecule has 2 heterocycles. The summed E-state index contributed by atoms with van der Waals surface area (Å²) in [5.74, 6) is -0.181. The summed E-state index contributed by atoms with van der Waals surface area (Å²) in [5.41, 5.74) is 0. The Hall–Kier alpha value is -1.21. The minimum Gasteiger partial charge on any atom is -0.365 e. The van der Waals surface area contributed by atoms with Gasteiger partial charge in [-0.3, -0.25) is 4.79 Å². The van der Waals surface area contributed by atoms with Gasteiger partial charge in [-0.1, -0.05) is 0 Å². The van der Waals surface area contributed by atoms with Crippen LogP contribution >= 0.6 is 0 Å². The Labute approximate surface area is 72.7 Å². The molecule has 7 heteroatoms. The average Bonchev–Trinajstić information content (AvgIpc) is 2.56. The van der Waals surface area contributed by atoms with E-state index in [1.807, 2.05) is 0 Å². The molecule has 0 aliphatic carbocycles. The van der Waals surface area contributed by atoms with E-state index in [0.717, 1.165) is 0 Å². The Balaban J connectivity index is 2.02. The smallest absolute Gasteiger partial charge is 0.294 e. The molecule has 2 fully saturated rings. The first-order valence-corrected chi connectivity index (χ1v) is 3.75. The highest BCUT2D eigenvalue weighted by atomic mass is 17.0. The highest BCUT2D eigenvalue weighted by molar-refractivity contribution is 5.87. The third-order valence-corrected chi connectivity index (χ3v) is 2.06. The second-order valence-electron chi connectivity index (χ2n) is 2.86. The maximum absolute atomic E-state index is 11.0. The summed E-state index contributed by atoms with van der Waals surface area (Å²) in [4.78, 5) is 25.3. The summed E-state index contributed by atoms with van der Waals surface area (Å²) in [6.07, 6.45) is -2.06. The molecular weight excluding hydrogens is 182 g/mol. The van der Waals surface area contributed by atoms with Crippen molar-refractivity contribution in [2.75, 3.05) is 13.2 Å². The molecule has 0 amide bonds. The van der Waals surface area contributed by atoms with Crippen molar-refractivity contribution in [1.82, 2.24) is 0 Å². The van der Waals surface area contributed by atoms with Gasteiger partial charge in [0.25, 0.3) is 5.09 Å².